The molecular weight excluding hydrogens is 332 g/mol. The Morgan fingerprint density at radius 1 is 0.741 bits per heavy atom. The fourth-order valence-corrected chi connectivity index (χ4v) is 2.23. The molecule has 0 saturated heterocycles. The minimum absolute atomic E-state index is 0.236. The lowest BCUT2D eigenvalue weighted by Gasteiger charge is -1.98. The van der Waals surface area contributed by atoms with E-state index in [0.717, 1.165) is 0 Å². The Bertz CT molecular complexity index is 531. The Morgan fingerprint density at radius 3 is 1.85 bits per heavy atom. The highest BCUT2D eigenvalue weighted by Gasteiger charge is 1.90. The van der Waals surface area contributed by atoms with E-state index in [1.54, 1.807) is 12.2 Å². The number of ether oxygens (including phenoxy) is 1. The van der Waals surface area contributed by atoms with Gasteiger partial charge >= 0.3 is 5.97 Å². The van der Waals surface area contributed by atoms with Crippen molar-refractivity contribution in [3.05, 3.63) is 85.6 Å². The molecule has 0 fully saturated rings. The Labute approximate surface area is 166 Å². The van der Waals surface area contributed by atoms with Crippen LogP contribution in [0.1, 0.15) is 58.3 Å². The number of unbranched alkanes of at least 4 members (excludes halogenated alkanes) is 7. The van der Waals surface area contributed by atoms with E-state index >= 15 is 0 Å². The van der Waals surface area contributed by atoms with Gasteiger partial charge in [-0.25, -0.2) is 4.79 Å². The number of allylic oxidation sites excluding steroid dienone is 11. The summed E-state index contributed by atoms with van der Waals surface area (Å²) in [5.41, 5.74) is 0. The largest absolute Gasteiger partial charge is 0.458 e. The van der Waals surface area contributed by atoms with Gasteiger partial charge in [0.2, 0.25) is 0 Å². The van der Waals surface area contributed by atoms with E-state index in [9.17, 15) is 4.79 Å². The quantitative estimate of drug-likeness (QED) is 0.0947. The van der Waals surface area contributed by atoms with Crippen LogP contribution in [-0.2, 0) is 9.53 Å². The molecule has 0 aliphatic heterocycles. The zero-order valence-corrected chi connectivity index (χ0v) is 16.9. The van der Waals surface area contributed by atoms with Crippen LogP contribution >= 0.6 is 0 Å². The van der Waals surface area contributed by atoms with Crippen molar-refractivity contribution in [2.75, 3.05) is 6.61 Å². The monoisotopic (exact) mass is 368 g/mol. The molecule has 0 aliphatic rings. The van der Waals surface area contributed by atoms with Crippen molar-refractivity contribution in [1.82, 2.24) is 0 Å². The minimum Gasteiger partial charge on any atom is -0.458 e. The van der Waals surface area contributed by atoms with Crippen molar-refractivity contribution in [2.45, 2.75) is 58.3 Å². The molecule has 0 atom stereocenters. The van der Waals surface area contributed by atoms with Gasteiger partial charge < -0.3 is 4.74 Å². The molecule has 0 rings (SSSR count). The average molecular weight is 369 g/mol. The van der Waals surface area contributed by atoms with Crippen LogP contribution in [0, 0.1) is 0 Å². The Hall–Kier alpha value is -2.35. The van der Waals surface area contributed by atoms with E-state index in [4.69, 9.17) is 4.74 Å². The molecule has 0 aromatic heterocycles. The zero-order valence-electron chi connectivity index (χ0n) is 16.9. The van der Waals surface area contributed by atoms with Crippen LogP contribution in [0.25, 0.3) is 0 Å². The van der Waals surface area contributed by atoms with E-state index in [1.807, 2.05) is 36.5 Å². The van der Waals surface area contributed by atoms with E-state index in [-0.39, 0.29) is 12.6 Å². The van der Waals surface area contributed by atoms with E-state index in [1.165, 1.54) is 63.5 Å². The molecule has 0 saturated carbocycles. The average Bonchev–Trinajstić information content (AvgIpc) is 2.68. The van der Waals surface area contributed by atoms with Crippen LogP contribution in [0.15, 0.2) is 85.6 Å². The van der Waals surface area contributed by atoms with Crippen molar-refractivity contribution in [3.8, 4) is 0 Å². The summed E-state index contributed by atoms with van der Waals surface area (Å²) in [6.07, 6.45) is 35.1. The zero-order chi connectivity index (χ0) is 19.8. The maximum Gasteiger partial charge on any atom is 0.331 e. The number of carbonyl (C=O) groups excluding carboxylic acids is 1. The van der Waals surface area contributed by atoms with Gasteiger partial charge in [-0.15, -0.1) is 0 Å². The number of carbonyl (C=O) groups is 1. The maximum absolute atomic E-state index is 11.2. The molecular formula is C25H36O2. The molecule has 148 valence electrons. The maximum atomic E-state index is 11.2. The van der Waals surface area contributed by atoms with Crippen LogP contribution in [-0.4, -0.2) is 12.6 Å². The van der Waals surface area contributed by atoms with Gasteiger partial charge in [-0.05, 0) is 12.8 Å². The highest BCUT2D eigenvalue weighted by Crippen LogP contribution is 2.08. The third-order valence-corrected chi connectivity index (χ3v) is 3.69. The SMILES string of the molecule is C=CCOC(=O)/C=C/C=C/C=C/C=C/C=C/C=C/CCCCCCCCC. The van der Waals surface area contributed by atoms with Gasteiger partial charge in [0.1, 0.15) is 6.61 Å². The van der Waals surface area contributed by atoms with Crippen LogP contribution < -0.4 is 0 Å². The fraction of sp³-hybridized carbons (Fsp3) is 0.400. The molecule has 0 aliphatic carbocycles. The first-order valence-electron chi connectivity index (χ1n) is 10.1. The van der Waals surface area contributed by atoms with Gasteiger partial charge in [-0.3, -0.25) is 0 Å². The van der Waals surface area contributed by atoms with E-state index in [0.29, 0.717) is 0 Å². The molecule has 0 aromatic rings. The smallest absolute Gasteiger partial charge is 0.331 e. The van der Waals surface area contributed by atoms with Crippen molar-refractivity contribution in [3.63, 3.8) is 0 Å². The molecule has 0 unspecified atom stereocenters. The van der Waals surface area contributed by atoms with Gasteiger partial charge in [-0.1, -0.05) is 125 Å². The topological polar surface area (TPSA) is 26.3 Å². The molecule has 2 heteroatoms. The Morgan fingerprint density at radius 2 is 1.26 bits per heavy atom. The molecule has 0 spiro atoms. The van der Waals surface area contributed by atoms with Crippen molar-refractivity contribution in [1.29, 1.82) is 0 Å². The first kappa shape index (κ1) is 24.7. The Kier molecular flexibility index (Phi) is 19.8. The van der Waals surface area contributed by atoms with Crippen LogP contribution in [0.2, 0.25) is 0 Å². The summed E-state index contributed by atoms with van der Waals surface area (Å²) in [5.74, 6) is -0.367. The second kappa shape index (κ2) is 21.7. The van der Waals surface area contributed by atoms with Crippen molar-refractivity contribution in [2.24, 2.45) is 0 Å². The van der Waals surface area contributed by atoms with Gasteiger partial charge in [0, 0.05) is 6.08 Å². The first-order valence-corrected chi connectivity index (χ1v) is 10.1. The lowest BCUT2D eigenvalue weighted by Crippen LogP contribution is -1.99. The summed E-state index contributed by atoms with van der Waals surface area (Å²) < 4.78 is 4.81. The van der Waals surface area contributed by atoms with Gasteiger partial charge in [0.05, 0.1) is 0 Å². The highest BCUT2D eigenvalue weighted by molar-refractivity contribution is 5.82. The molecule has 0 amide bonds. The van der Waals surface area contributed by atoms with Gasteiger partial charge in [0.15, 0.2) is 0 Å². The third-order valence-electron chi connectivity index (χ3n) is 3.69. The third kappa shape index (κ3) is 21.6. The normalized spacial score (nSPS) is 12.6. The molecule has 0 bridgehead atoms. The van der Waals surface area contributed by atoms with Crippen LogP contribution in [0.3, 0.4) is 0 Å². The van der Waals surface area contributed by atoms with Crippen molar-refractivity contribution < 1.29 is 9.53 Å². The summed E-state index contributed by atoms with van der Waals surface area (Å²) in [5, 5.41) is 0. The predicted octanol–water partition coefficient (Wildman–Crippen LogP) is 7.19. The van der Waals surface area contributed by atoms with E-state index in [2.05, 4.69) is 31.7 Å². The molecule has 0 N–H and O–H groups in total. The highest BCUT2D eigenvalue weighted by atomic mass is 16.5. The number of esters is 1. The second-order valence-electron chi connectivity index (χ2n) is 6.16. The van der Waals surface area contributed by atoms with Gasteiger partial charge in [-0.2, -0.15) is 0 Å². The lowest BCUT2D eigenvalue weighted by atomic mass is 10.1. The summed E-state index contributed by atoms with van der Waals surface area (Å²) in [7, 11) is 0. The summed E-state index contributed by atoms with van der Waals surface area (Å²) in [4.78, 5) is 11.2. The Balaban J connectivity index is 3.67. The summed E-state index contributed by atoms with van der Waals surface area (Å²) in [6.45, 7) is 5.97. The molecule has 2 nitrogen and oxygen atoms in total. The summed E-state index contributed by atoms with van der Waals surface area (Å²) in [6, 6.07) is 0. The standard InChI is InChI=1S/C25H36O2/c1-3-5-6-7-8-9-10-11-12-13-14-15-16-17-18-19-20-21-22-23-25(26)27-24-4-2/h4,12-23H,2-3,5-11,24H2,1H3/b13-12+,15-14+,17-16+,19-18+,21-20+,23-22+. The number of rotatable bonds is 16. The summed E-state index contributed by atoms with van der Waals surface area (Å²) >= 11 is 0. The predicted molar refractivity (Wildman–Crippen MR) is 119 cm³/mol. The molecule has 27 heavy (non-hydrogen) atoms. The minimum atomic E-state index is -0.367. The first-order chi connectivity index (χ1) is 13.3. The number of hydrogen-bond acceptors (Lipinski definition) is 2. The molecule has 0 radical (unpaired) electrons. The molecule has 0 heterocycles. The number of hydrogen-bond donors (Lipinski definition) is 0. The second-order valence-corrected chi connectivity index (χ2v) is 6.16. The lowest BCUT2D eigenvalue weighted by molar-refractivity contribution is -0.136. The fourth-order valence-electron chi connectivity index (χ4n) is 2.23. The van der Waals surface area contributed by atoms with Crippen LogP contribution in [0.5, 0.6) is 0 Å². The molecule has 0 aromatic carbocycles. The van der Waals surface area contributed by atoms with E-state index < -0.39 is 0 Å². The van der Waals surface area contributed by atoms with Crippen molar-refractivity contribution >= 4 is 5.97 Å². The van der Waals surface area contributed by atoms with Gasteiger partial charge in [0.25, 0.3) is 0 Å². The van der Waals surface area contributed by atoms with Crippen LogP contribution in [0.4, 0.5) is 0 Å².